The van der Waals surface area contributed by atoms with Crippen molar-refractivity contribution in [2.45, 2.75) is 51.0 Å². The maximum atomic E-state index is 12.8. The number of rotatable bonds is 8. The Hall–Kier alpha value is -4.08. The summed E-state index contributed by atoms with van der Waals surface area (Å²) in [6.45, 7) is 1.73. The summed E-state index contributed by atoms with van der Waals surface area (Å²) in [4.78, 5) is 46.4. The number of esters is 2. The molecule has 2 atom stereocenters. The Bertz CT molecular complexity index is 1090. The highest BCUT2D eigenvalue weighted by Crippen LogP contribution is 2.24. The van der Waals surface area contributed by atoms with E-state index in [0.29, 0.717) is 24.7 Å². The average Bonchev–Trinajstić information content (AvgIpc) is 3.62. The molecule has 0 radical (unpaired) electrons. The standard InChI is InChI=1S/C26H28N6O4/c33-23(21-8-2-14-31(21)25-27-10-4-11-28-25)35-17-19-6-1-7-20(16-19)18-36-24(34)22-9-3-15-32(22)26-29-12-5-13-30-26/h1,4-7,10-13,16,21-22H,2-3,8-9,14-15,17-18H2/t21-,22-/m1/s1. The molecule has 3 aromatic rings. The highest BCUT2D eigenvalue weighted by molar-refractivity contribution is 5.80. The zero-order valence-corrected chi connectivity index (χ0v) is 19.9. The Morgan fingerprint density at radius 1 is 0.722 bits per heavy atom. The van der Waals surface area contributed by atoms with Gasteiger partial charge >= 0.3 is 11.9 Å². The Balaban J connectivity index is 1.14. The third-order valence-electron chi connectivity index (χ3n) is 6.42. The molecule has 2 saturated heterocycles. The summed E-state index contributed by atoms with van der Waals surface area (Å²) in [5.41, 5.74) is 1.66. The maximum Gasteiger partial charge on any atom is 0.329 e. The van der Waals surface area contributed by atoms with Gasteiger partial charge in [0, 0.05) is 37.9 Å². The van der Waals surface area contributed by atoms with Crippen LogP contribution in [0.3, 0.4) is 0 Å². The Morgan fingerprint density at radius 2 is 1.17 bits per heavy atom. The van der Waals surface area contributed by atoms with Crippen molar-refractivity contribution < 1.29 is 19.1 Å². The topological polar surface area (TPSA) is 111 Å². The number of benzene rings is 1. The number of nitrogens with zero attached hydrogens (tertiary/aromatic N) is 6. The lowest BCUT2D eigenvalue weighted by Gasteiger charge is -2.23. The van der Waals surface area contributed by atoms with E-state index in [1.807, 2.05) is 34.1 Å². The summed E-state index contributed by atoms with van der Waals surface area (Å²) in [5, 5.41) is 0. The summed E-state index contributed by atoms with van der Waals surface area (Å²) in [6.07, 6.45) is 9.85. The molecular weight excluding hydrogens is 460 g/mol. The van der Waals surface area contributed by atoms with Gasteiger partial charge in [0.15, 0.2) is 0 Å². The Morgan fingerprint density at radius 3 is 1.61 bits per heavy atom. The van der Waals surface area contributed by atoms with Gasteiger partial charge in [0.1, 0.15) is 25.3 Å². The fraction of sp³-hybridized carbons (Fsp3) is 0.385. The van der Waals surface area contributed by atoms with Gasteiger partial charge in [0.25, 0.3) is 0 Å². The average molecular weight is 489 g/mol. The highest BCUT2D eigenvalue weighted by atomic mass is 16.5. The fourth-order valence-corrected chi connectivity index (χ4v) is 4.69. The molecular formula is C26H28N6O4. The van der Waals surface area contributed by atoms with E-state index in [1.54, 1.807) is 36.9 Å². The van der Waals surface area contributed by atoms with E-state index in [0.717, 1.165) is 37.1 Å². The molecule has 0 saturated carbocycles. The molecule has 2 aromatic heterocycles. The molecule has 10 heteroatoms. The van der Waals surface area contributed by atoms with Crippen LogP contribution in [0.2, 0.25) is 0 Å². The number of hydrogen-bond donors (Lipinski definition) is 0. The summed E-state index contributed by atoms with van der Waals surface area (Å²) in [7, 11) is 0. The van der Waals surface area contributed by atoms with Crippen LogP contribution in [0.5, 0.6) is 0 Å². The van der Waals surface area contributed by atoms with Gasteiger partial charge in [0.05, 0.1) is 0 Å². The minimum absolute atomic E-state index is 0.141. The summed E-state index contributed by atoms with van der Waals surface area (Å²) < 4.78 is 11.2. The number of ether oxygens (including phenoxy) is 2. The number of aromatic nitrogens is 4. The van der Waals surface area contributed by atoms with Crippen LogP contribution in [0.15, 0.2) is 61.2 Å². The predicted octanol–water partition coefficient (Wildman–Crippen LogP) is 2.69. The monoisotopic (exact) mass is 488 g/mol. The zero-order valence-electron chi connectivity index (χ0n) is 19.9. The summed E-state index contributed by atoms with van der Waals surface area (Å²) in [6, 6.07) is 10.2. The Kier molecular flexibility index (Phi) is 7.30. The first-order valence-corrected chi connectivity index (χ1v) is 12.2. The van der Waals surface area contributed by atoms with Gasteiger partial charge in [-0.3, -0.25) is 0 Å². The minimum atomic E-state index is -0.389. The second-order valence-electron chi connectivity index (χ2n) is 8.84. The molecule has 0 bridgehead atoms. The van der Waals surface area contributed by atoms with Gasteiger partial charge in [-0.05, 0) is 55.0 Å². The van der Waals surface area contributed by atoms with Gasteiger partial charge in [-0.15, -0.1) is 0 Å². The molecule has 5 rings (SSSR count). The molecule has 2 aliphatic rings. The molecule has 186 valence electrons. The molecule has 1 aromatic carbocycles. The quantitative estimate of drug-likeness (QED) is 0.439. The molecule has 10 nitrogen and oxygen atoms in total. The van der Waals surface area contributed by atoms with Crippen molar-refractivity contribution in [1.29, 1.82) is 0 Å². The molecule has 0 unspecified atom stereocenters. The molecule has 36 heavy (non-hydrogen) atoms. The summed E-state index contributed by atoms with van der Waals surface area (Å²) >= 11 is 0. The number of anilines is 2. The van der Waals surface area contributed by atoms with Crippen molar-refractivity contribution in [3.05, 3.63) is 72.3 Å². The van der Waals surface area contributed by atoms with Crippen LogP contribution in [-0.2, 0) is 32.3 Å². The van der Waals surface area contributed by atoms with Crippen LogP contribution in [0, 0.1) is 0 Å². The molecule has 0 aliphatic carbocycles. The SMILES string of the molecule is O=C(OCc1cccc(COC(=O)[C@H]2CCCN2c2ncccn2)c1)[C@H]1CCCN1c1ncccn1. The van der Waals surface area contributed by atoms with Crippen molar-refractivity contribution in [1.82, 2.24) is 19.9 Å². The van der Waals surface area contributed by atoms with Gasteiger partial charge in [-0.1, -0.05) is 18.2 Å². The van der Waals surface area contributed by atoms with E-state index in [-0.39, 0.29) is 37.2 Å². The number of carbonyl (C=O) groups is 2. The van der Waals surface area contributed by atoms with Crippen LogP contribution >= 0.6 is 0 Å². The van der Waals surface area contributed by atoms with Crippen molar-refractivity contribution in [2.75, 3.05) is 22.9 Å². The zero-order chi connectivity index (χ0) is 24.7. The smallest absolute Gasteiger partial charge is 0.329 e. The van der Waals surface area contributed by atoms with E-state index in [9.17, 15) is 9.59 Å². The van der Waals surface area contributed by atoms with Gasteiger partial charge in [-0.2, -0.15) is 0 Å². The third-order valence-corrected chi connectivity index (χ3v) is 6.42. The van der Waals surface area contributed by atoms with Gasteiger partial charge in [0.2, 0.25) is 11.9 Å². The summed E-state index contributed by atoms with van der Waals surface area (Å²) in [5.74, 6) is 0.503. The second-order valence-corrected chi connectivity index (χ2v) is 8.84. The lowest BCUT2D eigenvalue weighted by atomic mass is 10.1. The van der Waals surface area contributed by atoms with Crippen molar-refractivity contribution >= 4 is 23.8 Å². The minimum Gasteiger partial charge on any atom is -0.459 e. The van der Waals surface area contributed by atoms with Crippen molar-refractivity contribution in [3.8, 4) is 0 Å². The van der Waals surface area contributed by atoms with Crippen molar-refractivity contribution in [2.24, 2.45) is 0 Å². The Labute approximate surface area is 209 Å². The van der Waals surface area contributed by atoms with Crippen LogP contribution in [0.4, 0.5) is 11.9 Å². The second kappa shape index (κ2) is 11.1. The van der Waals surface area contributed by atoms with Crippen LogP contribution in [0.25, 0.3) is 0 Å². The normalized spacial score (nSPS) is 19.3. The van der Waals surface area contributed by atoms with Crippen LogP contribution < -0.4 is 9.80 Å². The van der Waals surface area contributed by atoms with E-state index >= 15 is 0 Å². The van der Waals surface area contributed by atoms with Gasteiger partial charge < -0.3 is 19.3 Å². The first kappa shape index (κ1) is 23.7. The first-order chi connectivity index (χ1) is 17.7. The van der Waals surface area contributed by atoms with Crippen molar-refractivity contribution in [3.63, 3.8) is 0 Å². The first-order valence-electron chi connectivity index (χ1n) is 12.2. The van der Waals surface area contributed by atoms with Crippen LogP contribution in [0.1, 0.15) is 36.8 Å². The number of carbonyl (C=O) groups excluding carboxylic acids is 2. The van der Waals surface area contributed by atoms with E-state index in [1.165, 1.54) is 0 Å². The van der Waals surface area contributed by atoms with Crippen LogP contribution in [-0.4, -0.2) is 57.0 Å². The van der Waals surface area contributed by atoms with E-state index in [4.69, 9.17) is 9.47 Å². The number of hydrogen-bond acceptors (Lipinski definition) is 10. The predicted molar refractivity (Wildman–Crippen MR) is 131 cm³/mol. The molecule has 2 aliphatic heterocycles. The maximum absolute atomic E-state index is 12.8. The molecule has 0 spiro atoms. The van der Waals surface area contributed by atoms with E-state index < -0.39 is 0 Å². The molecule has 2 fully saturated rings. The van der Waals surface area contributed by atoms with E-state index in [2.05, 4.69) is 19.9 Å². The van der Waals surface area contributed by atoms with Gasteiger partial charge in [-0.25, -0.2) is 29.5 Å². The lowest BCUT2D eigenvalue weighted by Crippen LogP contribution is -2.38. The molecule has 0 amide bonds. The largest absolute Gasteiger partial charge is 0.459 e. The molecule has 4 heterocycles. The molecule has 0 N–H and O–H groups in total. The lowest BCUT2D eigenvalue weighted by molar-refractivity contribution is -0.147. The fourth-order valence-electron chi connectivity index (χ4n) is 4.69. The third kappa shape index (κ3) is 5.42. The highest BCUT2D eigenvalue weighted by Gasteiger charge is 2.34.